The molecule has 0 aliphatic heterocycles. The molecule has 2 aromatic carbocycles. The molecule has 9 heteroatoms. The van der Waals surface area contributed by atoms with Crippen molar-refractivity contribution in [1.82, 2.24) is 9.55 Å². The molecule has 2 aromatic heterocycles. The van der Waals surface area contributed by atoms with E-state index in [-0.39, 0.29) is 23.5 Å². The highest BCUT2D eigenvalue weighted by Crippen LogP contribution is 2.28. The molecule has 0 atom stereocenters. The van der Waals surface area contributed by atoms with Gasteiger partial charge in [0.2, 0.25) is 0 Å². The predicted molar refractivity (Wildman–Crippen MR) is 128 cm³/mol. The highest BCUT2D eigenvalue weighted by molar-refractivity contribution is 6.04. The predicted octanol–water partition coefficient (Wildman–Crippen LogP) is 4.54. The van der Waals surface area contributed by atoms with E-state index in [4.69, 9.17) is 10.5 Å². The lowest BCUT2D eigenvalue weighted by Gasteiger charge is -2.11. The first-order valence-electron chi connectivity index (χ1n) is 10.5. The molecule has 0 radical (unpaired) electrons. The van der Waals surface area contributed by atoms with E-state index in [1.165, 1.54) is 65.5 Å². The van der Waals surface area contributed by atoms with Gasteiger partial charge in [0, 0.05) is 24.1 Å². The molecule has 0 aliphatic rings. The van der Waals surface area contributed by atoms with Crippen LogP contribution in [0.2, 0.25) is 0 Å². The van der Waals surface area contributed by atoms with E-state index in [9.17, 15) is 18.4 Å². The largest absolute Gasteiger partial charge is 0.452 e. The number of hydrogen-bond donors (Lipinski definition) is 2. The van der Waals surface area contributed by atoms with Crippen LogP contribution < -0.4 is 21.3 Å². The van der Waals surface area contributed by atoms with Crippen molar-refractivity contribution in [1.29, 1.82) is 0 Å². The maximum absolute atomic E-state index is 14.7. The van der Waals surface area contributed by atoms with Crippen molar-refractivity contribution in [2.24, 2.45) is 5.73 Å². The number of carbonyl (C=O) groups is 1. The number of nitrogens with zero attached hydrogens (tertiary/aromatic N) is 2. The lowest BCUT2D eigenvalue weighted by atomic mass is 10.2. The van der Waals surface area contributed by atoms with Crippen LogP contribution in [0.4, 0.5) is 14.5 Å². The molecule has 0 saturated heterocycles. The number of aromatic nitrogens is 2. The second kappa shape index (κ2) is 10.4. The Bertz CT molecular complexity index is 1470. The average Bonchev–Trinajstić information content (AvgIpc) is 2.83. The van der Waals surface area contributed by atoms with Crippen LogP contribution in [-0.2, 0) is 6.54 Å². The van der Waals surface area contributed by atoms with E-state index in [0.717, 1.165) is 6.07 Å². The highest BCUT2D eigenvalue weighted by Gasteiger charge is 2.15. The molecular weight excluding hydrogens is 454 g/mol. The van der Waals surface area contributed by atoms with Gasteiger partial charge in [0.1, 0.15) is 17.1 Å². The van der Waals surface area contributed by atoms with Crippen molar-refractivity contribution < 1.29 is 18.3 Å². The molecule has 0 bridgehead atoms. The van der Waals surface area contributed by atoms with Crippen LogP contribution in [0.3, 0.4) is 0 Å². The number of rotatable bonds is 7. The standard InChI is InChI=1S/C26H20F2N4O3/c27-18-5-1-4-17(14-18)16-32-13-3-6-20(26(32)34)25(33)31-19-8-9-23(21(28)15-19)35-24-7-2-12-30-22(24)10-11-29/h1-15H,16,29H2,(H,31,33). The van der Waals surface area contributed by atoms with Crippen molar-refractivity contribution in [3.63, 3.8) is 0 Å². The Morgan fingerprint density at radius 1 is 1.06 bits per heavy atom. The zero-order chi connectivity index (χ0) is 24.8. The first kappa shape index (κ1) is 23.4. The van der Waals surface area contributed by atoms with E-state index in [0.29, 0.717) is 17.0 Å². The summed E-state index contributed by atoms with van der Waals surface area (Å²) in [7, 11) is 0. The molecule has 0 aliphatic carbocycles. The van der Waals surface area contributed by atoms with Crippen molar-refractivity contribution in [3.8, 4) is 11.5 Å². The lowest BCUT2D eigenvalue weighted by Crippen LogP contribution is -2.29. The van der Waals surface area contributed by atoms with Crippen LogP contribution >= 0.6 is 0 Å². The maximum Gasteiger partial charge on any atom is 0.263 e. The Kier molecular flexibility index (Phi) is 6.96. The number of nitrogens with one attached hydrogen (secondary N) is 1. The summed E-state index contributed by atoms with van der Waals surface area (Å²) >= 11 is 0. The van der Waals surface area contributed by atoms with Crippen molar-refractivity contribution in [2.75, 3.05) is 5.32 Å². The number of benzene rings is 2. The summed E-state index contributed by atoms with van der Waals surface area (Å²) in [6.45, 7) is 0.0913. The van der Waals surface area contributed by atoms with E-state index >= 15 is 0 Å². The second-order valence-electron chi connectivity index (χ2n) is 7.43. The van der Waals surface area contributed by atoms with Gasteiger partial charge in [-0.15, -0.1) is 0 Å². The van der Waals surface area contributed by atoms with Gasteiger partial charge in [0.05, 0.1) is 6.54 Å². The first-order chi connectivity index (χ1) is 16.9. The third-order valence-corrected chi connectivity index (χ3v) is 4.97. The Balaban J connectivity index is 1.51. The van der Waals surface area contributed by atoms with Crippen molar-refractivity contribution in [3.05, 3.63) is 124 Å². The van der Waals surface area contributed by atoms with Crippen LogP contribution in [0.5, 0.6) is 11.5 Å². The fraction of sp³-hybridized carbons (Fsp3) is 0.0385. The van der Waals surface area contributed by atoms with Gasteiger partial charge < -0.3 is 20.4 Å². The molecule has 0 spiro atoms. The van der Waals surface area contributed by atoms with E-state index in [2.05, 4.69) is 10.3 Å². The molecule has 0 saturated carbocycles. The summed E-state index contributed by atoms with van der Waals surface area (Å²) in [6.07, 6.45) is 5.86. The van der Waals surface area contributed by atoms with Gasteiger partial charge in [-0.1, -0.05) is 12.1 Å². The minimum Gasteiger partial charge on any atom is -0.452 e. The SMILES string of the molecule is NC=Cc1ncccc1Oc1ccc(NC(=O)c2cccn(Cc3cccc(F)c3)c2=O)cc1F. The molecule has 0 fully saturated rings. The lowest BCUT2D eigenvalue weighted by molar-refractivity contribution is 0.102. The second-order valence-corrected chi connectivity index (χ2v) is 7.43. The summed E-state index contributed by atoms with van der Waals surface area (Å²) in [5.74, 6) is -1.65. The average molecular weight is 474 g/mol. The Morgan fingerprint density at radius 2 is 1.91 bits per heavy atom. The summed E-state index contributed by atoms with van der Waals surface area (Å²) in [4.78, 5) is 29.6. The summed E-state index contributed by atoms with van der Waals surface area (Å²) in [5, 5.41) is 2.51. The number of hydrogen-bond acceptors (Lipinski definition) is 5. The fourth-order valence-electron chi connectivity index (χ4n) is 3.35. The Hall–Kier alpha value is -4.79. The van der Waals surface area contributed by atoms with Gasteiger partial charge in [-0.3, -0.25) is 14.6 Å². The van der Waals surface area contributed by atoms with Gasteiger partial charge in [-0.25, -0.2) is 8.78 Å². The zero-order valence-corrected chi connectivity index (χ0v) is 18.3. The minimum absolute atomic E-state index is 0.0835. The molecule has 176 valence electrons. The van der Waals surface area contributed by atoms with E-state index in [1.807, 2.05) is 0 Å². The third-order valence-electron chi connectivity index (χ3n) is 4.97. The van der Waals surface area contributed by atoms with Gasteiger partial charge in [-0.05, 0) is 66.4 Å². The van der Waals surface area contributed by atoms with Crippen LogP contribution in [0, 0.1) is 11.6 Å². The number of pyridine rings is 2. The molecule has 4 rings (SSSR count). The topological polar surface area (TPSA) is 99.2 Å². The Morgan fingerprint density at radius 3 is 2.69 bits per heavy atom. The van der Waals surface area contributed by atoms with Gasteiger partial charge in [0.25, 0.3) is 11.5 Å². The first-order valence-corrected chi connectivity index (χ1v) is 10.5. The third kappa shape index (κ3) is 5.59. The van der Waals surface area contributed by atoms with Crippen LogP contribution in [-0.4, -0.2) is 15.5 Å². The highest BCUT2D eigenvalue weighted by atomic mass is 19.1. The van der Waals surface area contributed by atoms with E-state index < -0.39 is 23.1 Å². The molecular formula is C26H20F2N4O3. The fourth-order valence-corrected chi connectivity index (χ4v) is 3.35. The number of halogens is 2. The molecule has 0 unspecified atom stereocenters. The van der Waals surface area contributed by atoms with Crippen LogP contribution in [0.25, 0.3) is 6.08 Å². The van der Waals surface area contributed by atoms with Crippen molar-refractivity contribution in [2.45, 2.75) is 6.54 Å². The van der Waals surface area contributed by atoms with E-state index in [1.54, 1.807) is 24.4 Å². The summed E-state index contributed by atoms with van der Waals surface area (Å²) < 4.78 is 35.0. The number of carbonyl (C=O) groups excluding carboxylic acids is 1. The monoisotopic (exact) mass is 474 g/mol. The zero-order valence-electron chi connectivity index (χ0n) is 18.3. The Labute approximate surface area is 199 Å². The van der Waals surface area contributed by atoms with Crippen molar-refractivity contribution >= 4 is 17.7 Å². The number of amides is 1. The summed E-state index contributed by atoms with van der Waals surface area (Å²) in [6, 6.07) is 15.9. The molecule has 4 aromatic rings. The minimum atomic E-state index is -0.731. The van der Waals surface area contributed by atoms with Gasteiger partial charge >= 0.3 is 0 Å². The number of anilines is 1. The van der Waals surface area contributed by atoms with Crippen LogP contribution in [0.15, 0.2) is 90.1 Å². The van der Waals surface area contributed by atoms with Gasteiger partial charge in [0.15, 0.2) is 17.3 Å². The molecule has 35 heavy (non-hydrogen) atoms. The molecule has 3 N–H and O–H groups in total. The molecule has 1 amide bonds. The molecule has 7 nitrogen and oxygen atoms in total. The number of ether oxygens (including phenoxy) is 1. The summed E-state index contributed by atoms with van der Waals surface area (Å²) in [5.41, 5.74) is 5.82. The quantitative estimate of drug-likeness (QED) is 0.410. The number of nitrogens with two attached hydrogens (primary N) is 1. The van der Waals surface area contributed by atoms with Gasteiger partial charge in [-0.2, -0.15) is 0 Å². The van der Waals surface area contributed by atoms with Crippen LogP contribution in [0.1, 0.15) is 21.6 Å². The normalized spacial score (nSPS) is 10.9. The maximum atomic E-state index is 14.7. The molecule has 2 heterocycles. The smallest absolute Gasteiger partial charge is 0.263 e.